The highest BCUT2D eigenvalue weighted by molar-refractivity contribution is 5.99. The van der Waals surface area contributed by atoms with Crippen molar-refractivity contribution in [1.29, 1.82) is 0 Å². The second kappa shape index (κ2) is 10.7. The minimum absolute atomic E-state index is 0.323. The summed E-state index contributed by atoms with van der Waals surface area (Å²) in [5.41, 5.74) is 5.35. The maximum Gasteiger partial charge on any atom is 0.323 e. The van der Waals surface area contributed by atoms with Gasteiger partial charge in [-0.2, -0.15) is 0 Å². The lowest BCUT2D eigenvalue weighted by molar-refractivity contribution is 0.122. The van der Waals surface area contributed by atoms with E-state index in [4.69, 9.17) is 14.7 Å². The quantitative estimate of drug-likeness (QED) is 0.336. The average molecular weight is 506 g/mol. The third-order valence-electron chi connectivity index (χ3n) is 6.44. The van der Waals surface area contributed by atoms with Crippen LogP contribution in [0.15, 0.2) is 91.4 Å². The molecule has 0 atom stereocenters. The van der Waals surface area contributed by atoms with Gasteiger partial charge in [0.15, 0.2) is 11.6 Å². The molecule has 9 nitrogen and oxygen atoms in total. The number of nitrogens with zero attached hydrogens (tertiary/aromatic N) is 5. The Balaban J connectivity index is 1.29. The van der Waals surface area contributed by atoms with Gasteiger partial charge in [0.05, 0.1) is 18.7 Å². The van der Waals surface area contributed by atoms with E-state index in [1.807, 2.05) is 36.4 Å². The number of amides is 2. The van der Waals surface area contributed by atoms with E-state index in [9.17, 15) is 4.79 Å². The summed E-state index contributed by atoms with van der Waals surface area (Å²) in [6, 6.07) is 23.1. The summed E-state index contributed by atoms with van der Waals surface area (Å²) in [7, 11) is 0. The third kappa shape index (κ3) is 5.18. The van der Waals surface area contributed by atoms with Gasteiger partial charge in [-0.05, 0) is 48.0 Å². The molecule has 6 rings (SSSR count). The summed E-state index contributed by atoms with van der Waals surface area (Å²) < 4.78 is 7.82. The Hall–Kier alpha value is -4.76. The number of carbonyl (C=O) groups is 1. The minimum atomic E-state index is -0.323. The molecule has 2 N–H and O–H groups in total. The predicted octanol–water partition coefficient (Wildman–Crippen LogP) is 5.02. The summed E-state index contributed by atoms with van der Waals surface area (Å²) in [6.07, 6.45) is 5.33. The van der Waals surface area contributed by atoms with E-state index in [-0.39, 0.29) is 6.03 Å². The second-order valence-corrected chi connectivity index (χ2v) is 9.03. The monoisotopic (exact) mass is 505 g/mol. The number of morpholine rings is 1. The van der Waals surface area contributed by atoms with Crippen LogP contribution in [0, 0.1) is 0 Å². The molecule has 1 aliphatic rings. The molecule has 190 valence electrons. The van der Waals surface area contributed by atoms with Gasteiger partial charge in [-0.3, -0.25) is 4.98 Å². The van der Waals surface area contributed by atoms with Gasteiger partial charge < -0.3 is 24.8 Å². The molecule has 5 aromatic rings. The summed E-state index contributed by atoms with van der Waals surface area (Å²) in [6.45, 7) is 3.63. The number of benzene rings is 2. The Morgan fingerprint density at radius 3 is 2.29 bits per heavy atom. The first-order valence-electron chi connectivity index (χ1n) is 12.5. The number of hydrogen-bond acceptors (Lipinski definition) is 6. The minimum Gasteiger partial charge on any atom is -0.378 e. The van der Waals surface area contributed by atoms with Crippen molar-refractivity contribution in [2.45, 2.75) is 6.54 Å². The molecule has 1 saturated heterocycles. The molecule has 0 unspecified atom stereocenters. The van der Waals surface area contributed by atoms with Crippen molar-refractivity contribution in [3.05, 3.63) is 97.0 Å². The van der Waals surface area contributed by atoms with Crippen LogP contribution < -0.4 is 15.5 Å². The zero-order valence-electron chi connectivity index (χ0n) is 20.7. The van der Waals surface area contributed by atoms with Gasteiger partial charge in [0.25, 0.3) is 0 Å². The Bertz CT molecular complexity index is 1530. The lowest BCUT2D eigenvalue weighted by atomic mass is 10.2. The Labute approximate surface area is 220 Å². The molecule has 2 amide bonds. The lowest BCUT2D eigenvalue weighted by Crippen LogP contribution is -2.37. The van der Waals surface area contributed by atoms with E-state index < -0.39 is 0 Å². The van der Waals surface area contributed by atoms with Gasteiger partial charge in [0.1, 0.15) is 5.52 Å². The van der Waals surface area contributed by atoms with Crippen molar-refractivity contribution in [2.75, 3.05) is 41.8 Å². The number of hydrogen-bond donors (Lipinski definition) is 2. The second-order valence-electron chi connectivity index (χ2n) is 9.03. The van der Waals surface area contributed by atoms with Crippen LogP contribution in [-0.2, 0) is 11.3 Å². The molecule has 0 spiro atoms. The van der Waals surface area contributed by atoms with E-state index in [0.717, 1.165) is 42.0 Å². The first-order valence-corrected chi connectivity index (χ1v) is 12.5. The molecule has 0 aliphatic carbocycles. The maximum atomic E-state index is 12.4. The average Bonchev–Trinajstić information content (AvgIpc) is 3.37. The normalized spacial score (nSPS) is 13.4. The Morgan fingerprint density at radius 1 is 0.842 bits per heavy atom. The molecule has 0 radical (unpaired) electrons. The number of anilines is 3. The van der Waals surface area contributed by atoms with Crippen LogP contribution in [-0.4, -0.2) is 51.9 Å². The molecule has 4 heterocycles. The number of pyridine rings is 1. The van der Waals surface area contributed by atoms with Crippen molar-refractivity contribution in [2.24, 2.45) is 0 Å². The van der Waals surface area contributed by atoms with Crippen molar-refractivity contribution in [3.8, 4) is 11.4 Å². The molecule has 0 saturated carbocycles. The van der Waals surface area contributed by atoms with Gasteiger partial charge >= 0.3 is 6.03 Å². The van der Waals surface area contributed by atoms with E-state index in [1.54, 1.807) is 24.5 Å². The van der Waals surface area contributed by atoms with Gasteiger partial charge in [-0.25, -0.2) is 14.8 Å². The number of carbonyl (C=O) groups excluding carboxylic acids is 1. The van der Waals surface area contributed by atoms with Gasteiger partial charge in [-0.15, -0.1) is 0 Å². The zero-order valence-corrected chi connectivity index (χ0v) is 20.7. The highest BCUT2D eigenvalue weighted by atomic mass is 16.5. The Morgan fingerprint density at radius 2 is 1.55 bits per heavy atom. The fourth-order valence-corrected chi connectivity index (χ4v) is 4.55. The summed E-state index contributed by atoms with van der Waals surface area (Å²) >= 11 is 0. The lowest BCUT2D eigenvalue weighted by Gasteiger charge is -2.29. The first-order chi connectivity index (χ1) is 18.7. The number of urea groups is 1. The van der Waals surface area contributed by atoms with E-state index >= 15 is 0 Å². The van der Waals surface area contributed by atoms with Gasteiger partial charge in [0.2, 0.25) is 0 Å². The number of nitrogens with one attached hydrogen (secondary N) is 2. The van der Waals surface area contributed by atoms with Crippen LogP contribution in [0.4, 0.5) is 22.0 Å². The van der Waals surface area contributed by atoms with Crippen LogP contribution in [0.2, 0.25) is 0 Å². The van der Waals surface area contributed by atoms with Crippen LogP contribution in [0.1, 0.15) is 5.56 Å². The Kier molecular flexibility index (Phi) is 6.65. The molecule has 38 heavy (non-hydrogen) atoms. The van der Waals surface area contributed by atoms with Crippen LogP contribution in [0.25, 0.3) is 22.4 Å². The number of ether oxygens (including phenoxy) is 1. The van der Waals surface area contributed by atoms with Gasteiger partial charge in [0, 0.05) is 55.2 Å². The fourth-order valence-electron chi connectivity index (χ4n) is 4.55. The SMILES string of the molecule is O=C(Nc1ccncc1)Nc1ccc(-c2nc(N3CCOCC3)c3c(ccn3Cc3ccccc3)n2)cc1. The number of fused-ring (bicyclic) bond motifs is 1. The zero-order chi connectivity index (χ0) is 25.7. The van der Waals surface area contributed by atoms with E-state index in [0.29, 0.717) is 30.4 Å². The molecule has 1 fully saturated rings. The van der Waals surface area contributed by atoms with Crippen molar-refractivity contribution >= 4 is 34.3 Å². The highest BCUT2D eigenvalue weighted by Gasteiger charge is 2.21. The smallest absolute Gasteiger partial charge is 0.323 e. The molecule has 3 aromatic heterocycles. The summed E-state index contributed by atoms with van der Waals surface area (Å²) in [5, 5.41) is 5.64. The predicted molar refractivity (Wildman–Crippen MR) is 148 cm³/mol. The molecular formula is C29H27N7O2. The van der Waals surface area contributed by atoms with Crippen LogP contribution >= 0.6 is 0 Å². The molecule has 2 aromatic carbocycles. The van der Waals surface area contributed by atoms with Crippen molar-refractivity contribution in [1.82, 2.24) is 19.5 Å². The highest BCUT2D eigenvalue weighted by Crippen LogP contribution is 2.30. The van der Waals surface area contributed by atoms with Crippen molar-refractivity contribution in [3.63, 3.8) is 0 Å². The third-order valence-corrected chi connectivity index (χ3v) is 6.44. The topological polar surface area (TPSA) is 97.2 Å². The summed E-state index contributed by atoms with van der Waals surface area (Å²) in [4.78, 5) is 28.5. The molecule has 0 bridgehead atoms. The largest absolute Gasteiger partial charge is 0.378 e. The van der Waals surface area contributed by atoms with Crippen LogP contribution in [0.3, 0.4) is 0 Å². The fraction of sp³-hybridized carbons (Fsp3) is 0.172. The van der Waals surface area contributed by atoms with Crippen LogP contribution in [0.5, 0.6) is 0 Å². The number of rotatable bonds is 6. The first kappa shape index (κ1) is 23.6. The standard InChI is InChI=1S/C29H27N7O2/c37-29(32-24-10-13-30-14-11-24)31-23-8-6-22(7-9-23)27-33-25-12-15-36(20-21-4-2-1-3-5-21)26(25)28(34-27)35-16-18-38-19-17-35/h1-15H,16-20H2,(H2,30,31,32,37). The molecule has 9 heteroatoms. The number of aromatic nitrogens is 4. The van der Waals surface area contributed by atoms with Crippen molar-refractivity contribution < 1.29 is 9.53 Å². The van der Waals surface area contributed by atoms with Gasteiger partial charge in [-0.1, -0.05) is 30.3 Å². The summed E-state index contributed by atoms with van der Waals surface area (Å²) in [5.74, 6) is 1.55. The van der Waals surface area contributed by atoms with E-state index in [2.05, 4.69) is 55.5 Å². The molecule has 1 aliphatic heterocycles. The maximum absolute atomic E-state index is 12.4. The molecular weight excluding hydrogens is 478 g/mol. The van der Waals surface area contributed by atoms with E-state index in [1.165, 1.54) is 5.56 Å².